The van der Waals surface area contributed by atoms with Gasteiger partial charge in [0.05, 0.1) is 5.56 Å². The maximum Gasteiger partial charge on any atom is 0.255 e. The van der Waals surface area contributed by atoms with E-state index in [-0.39, 0.29) is 5.91 Å². The van der Waals surface area contributed by atoms with Gasteiger partial charge in [-0.2, -0.15) is 0 Å². The molecule has 19 heavy (non-hydrogen) atoms. The fraction of sp³-hybridized carbons (Fsp3) is 0.600. The molecule has 2 unspecified atom stereocenters. The number of nitrogens with one attached hydrogen (secondary N) is 1. The van der Waals surface area contributed by atoms with E-state index in [2.05, 4.69) is 15.2 Å². The molecule has 0 aromatic carbocycles. The summed E-state index contributed by atoms with van der Waals surface area (Å²) in [5.74, 6) is 0.145. The van der Waals surface area contributed by atoms with Crippen LogP contribution in [0.5, 0.6) is 0 Å². The van der Waals surface area contributed by atoms with Crippen LogP contribution in [0.25, 0.3) is 0 Å². The molecule has 102 valence electrons. The number of carbonyl (C=O) groups excluding carboxylic acids is 1. The number of carbonyl (C=O) groups is 1. The Balaban J connectivity index is 1.78. The quantitative estimate of drug-likeness (QED) is 0.881. The second-order valence-corrected chi connectivity index (χ2v) is 5.51. The fourth-order valence-corrected chi connectivity index (χ4v) is 3.32. The highest BCUT2D eigenvalue weighted by atomic mass is 16.2. The van der Waals surface area contributed by atoms with Crippen LogP contribution in [-0.4, -0.2) is 41.0 Å². The minimum absolute atomic E-state index is 0.145. The number of nitrogens with zero attached hydrogens (tertiary/aromatic N) is 2. The predicted octanol–water partition coefficient (Wildman–Crippen LogP) is 1.83. The smallest absolute Gasteiger partial charge is 0.255 e. The van der Waals surface area contributed by atoms with E-state index in [9.17, 15) is 4.79 Å². The van der Waals surface area contributed by atoms with Crippen LogP contribution in [0, 0.1) is 0 Å². The van der Waals surface area contributed by atoms with Gasteiger partial charge in [-0.3, -0.25) is 9.78 Å². The van der Waals surface area contributed by atoms with Crippen molar-refractivity contribution in [3.63, 3.8) is 0 Å². The molecule has 2 aliphatic rings. The minimum atomic E-state index is 0.145. The van der Waals surface area contributed by atoms with Crippen molar-refractivity contribution < 1.29 is 4.79 Å². The molecule has 2 fully saturated rings. The normalized spacial score (nSPS) is 27.5. The first-order valence-corrected chi connectivity index (χ1v) is 7.30. The third kappa shape index (κ3) is 2.63. The van der Waals surface area contributed by atoms with Crippen molar-refractivity contribution in [2.24, 2.45) is 0 Å². The third-order valence-corrected chi connectivity index (χ3v) is 4.28. The van der Waals surface area contributed by atoms with Crippen molar-refractivity contribution in [1.29, 1.82) is 0 Å². The van der Waals surface area contributed by atoms with Crippen LogP contribution in [0.15, 0.2) is 24.5 Å². The maximum absolute atomic E-state index is 12.6. The van der Waals surface area contributed by atoms with Crippen LogP contribution in [0.2, 0.25) is 0 Å². The molecule has 1 aromatic heterocycles. The molecule has 1 N–H and O–H groups in total. The van der Waals surface area contributed by atoms with Gasteiger partial charge in [0.1, 0.15) is 0 Å². The van der Waals surface area contributed by atoms with Crippen molar-refractivity contribution in [3.05, 3.63) is 30.1 Å². The standard InChI is InChI=1S/C15H21N3O/c19-15(12-5-3-8-16-11-12)18-10-2-1-7-14(18)13-6-4-9-17-13/h3,5,8,11,13-14,17H,1-2,4,6-7,9-10H2. The Bertz CT molecular complexity index is 428. The number of pyridine rings is 1. The Hall–Kier alpha value is -1.42. The van der Waals surface area contributed by atoms with Gasteiger partial charge in [-0.25, -0.2) is 0 Å². The summed E-state index contributed by atoms with van der Waals surface area (Å²) in [6, 6.07) is 4.55. The van der Waals surface area contributed by atoms with E-state index < -0.39 is 0 Å². The summed E-state index contributed by atoms with van der Waals surface area (Å²) in [5.41, 5.74) is 0.715. The van der Waals surface area contributed by atoms with Gasteiger partial charge in [0.15, 0.2) is 0 Å². The van der Waals surface area contributed by atoms with Gasteiger partial charge in [-0.15, -0.1) is 0 Å². The Morgan fingerprint density at radius 1 is 1.32 bits per heavy atom. The molecule has 1 aromatic rings. The summed E-state index contributed by atoms with van der Waals surface area (Å²) in [6.45, 7) is 1.98. The summed E-state index contributed by atoms with van der Waals surface area (Å²) in [4.78, 5) is 18.8. The third-order valence-electron chi connectivity index (χ3n) is 4.28. The zero-order chi connectivity index (χ0) is 13.1. The van der Waals surface area contributed by atoms with Crippen molar-refractivity contribution in [1.82, 2.24) is 15.2 Å². The Morgan fingerprint density at radius 2 is 2.26 bits per heavy atom. The highest BCUT2D eigenvalue weighted by Crippen LogP contribution is 2.25. The first-order valence-electron chi connectivity index (χ1n) is 7.30. The average molecular weight is 259 g/mol. The van der Waals surface area contributed by atoms with Gasteiger partial charge in [0.25, 0.3) is 5.91 Å². The van der Waals surface area contributed by atoms with Crippen molar-refractivity contribution >= 4 is 5.91 Å². The van der Waals surface area contributed by atoms with E-state index in [1.807, 2.05) is 12.1 Å². The monoisotopic (exact) mass is 259 g/mol. The van der Waals surface area contributed by atoms with E-state index in [0.29, 0.717) is 17.6 Å². The van der Waals surface area contributed by atoms with Crippen LogP contribution in [0.4, 0.5) is 0 Å². The summed E-state index contributed by atoms with van der Waals surface area (Å²) < 4.78 is 0. The molecule has 3 rings (SSSR count). The number of aromatic nitrogens is 1. The first-order chi connectivity index (χ1) is 9.36. The number of rotatable bonds is 2. The lowest BCUT2D eigenvalue weighted by molar-refractivity contribution is 0.0563. The molecule has 0 spiro atoms. The molecule has 0 bridgehead atoms. The first kappa shape index (κ1) is 12.6. The maximum atomic E-state index is 12.6. The molecule has 4 heteroatoms. The molecule has 1 amide bonds. The van der Waals surface area contributed by atoms with Gasteiger partial charge >= 0.3 is 0 Å². The van der Waals surface area contributed by atoms with Crippen LogP contribution in [-0.2, 0) is 0 Å². The zero-order valence-corrected chi connectivity index (χ0v) is 11.2. The molecule has 4 nitrogen and oxygen atoms in total. The topological polar surface area (TPSA) is 45.2 Å². The van der Waals surface area contributed by atoms with Crippen molar-refractivity contribution in [3.8, 4) is 0 Å². The summed E-state index contributed by atoms with van der Waals surface area (Å²) in [7, 11) is 0. The molecule has 2 atom stereocenters. The number of amides is 1. The second kappa shape index (κ2) is 5.70. The highest BCUT2D eigenvalue weighted by molar-refractivity contribution is 5.94. The SMILES string of the molecule is O=C(c1cccnc1)N1CCCCC1C1CCCN1. The Morgan fingerprint density at radius 3 is 3.00 bits per heavy atom. The van der Waals surface area contributed by atoms with Crippen LogP contribution in [0.1, 0.15) is 42.5 Å². The largest absolute Gasteiger partial charge is 0.334 e. The van der Waals surface area contributed by atoms with Gasteiger partial charge in [0, 0.05) is 31.0 Å². The number of hydrogen-bond donors (Lipinski definition) is 1. The number of likely N-dealkylation sites (tertiary alicyclic amines) is 1. The lowest BCUT2D eigenvalue weighted by Gasteiger charge is -2.39. The minimum Gasteiger partial charge on any atom is -0.334 e. The Labute approximate surface area is 114 Å². The van der Waals surface area contributed by atoms with Gasteiger partial charge < -0.3 is 10.2 Å². The lowest BCUT2D eigenvalue weighted by Crippen LogP contribution is -2.52. The fourth-order valence-electron chi connectivity index (χ4n) is 3.32. The molecule has 0 saturated carbocycles. The van der Waals surface area contributed by atoms with Gasteiger partial charge in [0.2, 0.25) is 0 Å². The Kier molecular flexibility index (Phi) is 3.78. The van der Waals surface area contributed by atoms with Crippen LogP contribution in [0.3, 0.4) is 0 Å². The van der Waals surface area contributed by atoms with E-state index in [1.54, 1.807) is 12.4 Å². The molecule has 0 aliphatic carbocycles. The van der Waals surface area contributed by atoms with Crippen LogP contribution >= 0.6 is 0 Å². The second-order valence-electron chi connectivity index (χ2n) is 5.51. The average Bonchev–Trinajstić information content (AvgIpc) is 3.01. The molecule has 2 aliphatic heterocycles. The summed E-state index contributed by atoms with van der Waals surface area (Å²) in [5, 5.41) is 3.55. The van der Waals surface area contributed by atoms with Crippen LogP contribution < -0.4 is 5.32 Å². The summed E-state index contributed by atoms with van der Waals surface area (Å²) >= 11 is 0. The number of piperidine rings is 1. The highest BCUT2D eigenvalue weighted by Gasteiger charge is 2.34. The number of hydrogen-bond acceptors (Lipinski definition) is 3. The van der Waals surface area contributed by atoms with Gasteiger partial charge in [-0.05, 0) is 50.8 Å². The van der Waals surface area contributed by atoms with Crippen molar-refractivity contribution in [2.75, 3.05) is 13.1 Å². The van der Waals surface area contributed by atoms with E-state index in [1.165, 1.54) is 19.3 Å². The predicted molar refractivity (Wildman–Crippen MR) is 73.9 cm³/mol. The molecule has 0 radical (unpaired) electrons. The zero-order valence-electron chi connectivity index (χ0n) is 11.2. The molecular weight excluding hydrogens is 238 g/mol. The van der Waals surface area contributed by atoms with E-state index in [0.717, 1.165) is 25.9 Å². The lowest BCUT2D eigenvalue weighted by atomic mass is 9.94. The molecular formula is C15H21N3O. The van der Waals surface area contributed by atoms with E-state index >= 15 is 0 Å². The molecule has 3 heterocycles. The van der Waals surface area contributed by atoms with Gasteiger partial charge in [-0.1, -0.05) is 0 Å². The van der Waals surface area contributed by atoms with E-state index in [4.69, 9.17) is 0 Å². The molecule has 2 saturated heterocycles. The van der Waals surface area contributed by atoms with Crippen molar-refractivity contribution in [2.45, 2.75) is 44.2 Å². The summed E-state index contributed by atoms with van der Waals surface area (Å²) in [6.07, 6.45) is 9.30.